The largest absolute Gasteiger partial charge is 0.326 e. The third kappa shape index (κ3) is 4.69. The molecule has 1 aliphatic rings. The first-order valence-electron chi connectivity index (χ1n) is 7.77. The van der Waals surface area contributed by atoms with Gasteiger partial charge in [-0.25, -0.2) is 0 Å². The zero-order chi connectivity index (χ0) is 15.4. The number of benzene rings is 1. The van der Waals surface area contributed by atoms with Gasteiger partial charge < -0.3 is 15.2 Å². The van der Waals surface area contributed by atoms with E-state index in [-0.39, 0.29) is 36.6 Å². The molecule has 0 unspecified atom stereocenters. The average molecular weight is 372 g/mol. The summed E-state index contributed by atoms with van der Waals surface area (Å²) in [6.45, 7) is 4.69. The number of halogens is 2. The summed E-state index contributed by atoms with van der Waals surface area (Å²) in [6.07, 6.45) is 3.51. The fourth-order valence-electron chi connectivity index (χ4n) is 2.77. The Bertz CT molecular complexity index is 655. The SMILES string of the molecule is CCn1cnnc1-c1cccc(NC(=O)C2CCNCC2)c1.Cl.Cl. The van der Waals surface area contributed by atoms with Crippen LogP contribution < -0.4 is 10.6 Å². The molecule has 3 rings (SSSR count). The fraction of sp³-hybridized carbons (Fsp3) is 0.438. The molecule has 0 bridgehead atoms. The van der Waals surface area contributed by atoms with Crippen molar-refractivity contribution in [3.8, 4) is 11.4 Å². The highest BCUT2D eigenvalue weighted by atomic mass is 35.5. The minimum absolute atomic E-state index is 0. The van der Waals surface area contributed by atoms with E-state index in [2.05, 4.69) is 27.8 Å². The van der Waals surface area contributed by atoms with Gasteiger partial charge in [0.25, 0.3) is 0 Å². The highest BCUT2D eigenvalue weighted by Crippen LogP contribution is 2.22. The number of nitrogens with zero attached hydrogens (tertiary/aromatic N) is 3. The Hall–Kier alpha value is -1.63. The first-order valence-corrected chi connectivity index (χ1v) is 7.77. The van der Waals surface area contributed by atoms with Gasteiger partial charge in [-0.3, -0.25) is 4.79 Å². The van der Waals surface area contributed by atoms with E-state index in [0.717, 1.165) is 49.6 Å². The van der Waals surface area contributed by atoms with E-state index in [9.17, 15) is 4.79 Å². The first-order chi connectivity index (χ1) is 10.8. The molecule has 2 N–H and O–H groups in total. The molecule has 0 atom stereocenters. The molecule has 132 valence electrons. The van der Waals surface area contributed by atoms with Crippen LogP contribution in [0.4, 0.5) is 5.69 Å². The molecule has 1 amide bonds. The van der Waals surface area contributed by atoms with Crippen molar-refractivity contribution in [2.24, 2.45) is 5.92 Å². The van der Waals surface area contributed by atoms with Crippen molar-refractivity contribution >= 4 is 36.4 Å². The number of amides is 1. The van der Waals surface area contributed by atoms with Crippen LogP contribution in [-0.2, 0) is 11.3 Å². The predicted molar refractivity (Wildman–Crippen MR) is 99.9 cm³/mol. The molecule has 6 nitrogen and oxygen atoms in total. The van der Waals surface area contributed by atoms with E-state index in [0.29, 0.717) is 0 Å². The summed E-state index contributed by atoms with van der Waals surface area (Å²) in [7, 11) is 0. The molecule has 1 aliphatic heterocycles. The van der Waals surface area contributed by atoms with Gasteiger partial charge >= 0.3 is 0 Å². The average Bonchev–Trinajstić information content (AvgIpc) is 3.04. The van der Waals surface area contributed by atoms with Gasteiger partial charge in [0.05, 0.1) is 0 Å². The van der Waals surface area contributed by atoms with Crippen LogP contribution in [0, 0.1) is 5.92 Å². The van der Waals surface area contributed by atoms with Gasteiger partial charge in [0.15, 0.2) is 5.82 Å². The van der Waals surface area contributed by atoms with Gasteiger partial charge in [0.2, 0.25) is 5.91 Å². The number of anilines is 1. The van der Waals surface area contributed by atoms with Gasteiger partial charge in [0, 0.05) is 23.7 Å². The molecule has 8 heteroatoms. The molecule has 0 spiro atoms. The number of hydrogen-bond acceptors (Lipinski definition) is 4. The Kier molecular flexibility index (Phi) is 8.18. The molecule has 1 aromatic heterocycles. The van der Waals surface area contributed by atoms with Crippen molar-refractivity contribution in [1.29, 1.82) is 0 Å². The van der Waals surface area contributed by atoms with Crippen LogP contribution in [-0.4, -0.2) is 33.8 Å². The maximum absolute atomic E-state index is 12.3. The monoisotopic (exact) mass is 371 g/mol. The van der Waals surface area contributed by atoms with E-state index in [1.807, 2.05) is 28.8 Å². The molecule has 2 aromatic rings. The number of aryl methyl sites for hydroxylation is 1. The third-order valence-electron chi connectivity index (χ3n) is 4.05. The first kappa shape index (κ1) is 20.4. The maximum atomic E-state index is 12.3. The van der Waals surface area contributed by atoms with Crippen molar-refractivity contribution in [2.75, 3.05) is 18.4 Å². The van der Waals surface area contributed by atoms with Crippen molar-refractivity contribution in [3.05, 3.63) is 30.6 Å². The Labute approximate surface area is 154 Å². The maximum Gasteiger partial charge on any atom is 0.227 e. The van der Waals surface area contributed by atoms with Gasteiger partial charge in [-0.1, -0.05) is 12.1 Å². The van der Waals surface area contributed by atoms with Crippen molar-refractivity contribution in [3.63, 3.8) is 0 Å². The summed E-state index contributed by atoms with van der Waals surface area (Å²) >= 11 is 0. The Balaban J connectivity index is 0.00000144. The van der Waals surface area contributed by atoms with Crippen molar-refractivity contribution < 1.29 is 4.79 Å². The molecule has 1 aromatic carbocycles. The normalized spacial score (nSPS) is 14.4. The van der Waals surface area contributed by atoms with Crippen LogP contribution in [0.15, 0.2) is 30.6 Å². The summed E-state index contributed by atoms with van der Waals surface area (Å²) in [6, 6.07) is 7.78. The second-order valence-electron chi connectivity index (χ2n) is 5.53. The molecule has 0 saturated carbocycles. The topological polar surface area (TPSA) is 71.8 Å². The number of piperidine rings is 1. The molecule has 2 heterocycles. The van der Waals surface area contributed by atoms with Crippen LogP contribution in [0.3, 0.4) is 0 Å². The van der Waals surface area contributed by atoms with Gasteiger partial charge in [-0.2, -0.15) is 0 Å². The second kappa shape index (κ2) is 9.61. The zero-order valence-electron chi connectivity index (χ0n) is 13.6. The second-order valence-corrected chi connectivity index (χ2v) is 5.53. The number of carbonyl (C=O) groups excluding carboxylic acids is 1. The van der Waals surface area contributed by atoms with Crippen molar-refractivity contribution in [2.45, 2.75) is 26.3 Å². The van der Waals surface area contributed by atoms with Crippen LogP contribution in [0.25, 0.3) is 11.4 Å². The van der Waals surface area contributed by atoms with E-state index < -0.39 is 0 Å². The van der Waals surface area contributed by atoms with Crippen LogP contribution >= 0.6 is 24.8 Å². The number of carbonyl (C=O) groups is 1. The fourth-order valence-corrected chi connectivity index (χ4v) is 2.77. The molecular weight excluding hydrogens is 349 g/mol. The number of nitrogens with one attached hydrogen (secondary N) is 2. The van der Waals surface area contributed by atoms with E-state index in [1.54, 1.807) is 6.33 Å². The van der Waals surface area contributed by atoms with E-state index >= 15 is 0 Å². The van der Waals surface area contributed by atoms with Gasteiger partial charge in [-0.05, 0) is 45.0 Å². The van der Waals surface area contributed by atoms with E-state index in [4.69, 9.17) is 0 Å². The lowest BCUT2D eigenvalue weighted by atomic mass is 9.97. The number of aromatic nitrogens is 3. The predicted octanol–water partition coefficient (Wildman–Crippen LogP) is 2.75. The lowest BCUT2D eigenvalue weighted by molar-refractivity contribution is -0.120. The summed E-state index contributed by atoms with van der Waals surface area (Å²) < 4.78 is 1.98. The van der Waals surface area contributed by atoms with Crippen molar-refractivity contribution in [1.82, 2.24) is 20.1 Å². The zero-order valence-corrected chi connectivity index (χ0v) is 15.2. The van der Waals surface area contributed by atoms with Crippen LogP contribution in [0.5, 0.6) is 0 Å². The molecule has 0 radical (unpaired) electrons. The third-order valence-corrected chi connectivity index (χ3v) is 4.05. The minimum atomic E-state index is 0. The summed E-state index contributed by atoms with van der Waals surface area (Å²) in [5, 5.41) is 14.4. The highest BCUT2D eigenvalue weighted by molar-refractivity contribution is 5.93. The molecule has 1 fully saturated rings. The van der Waals surface area contributed by atoms with Gasteiger partial charge in [-0.15, -0.1) is 35.0 Å². The molecule has 24 heavy (non-hydrogen) atoms. The summed E-state index contributed by atoms with van der Waals surface area (Å²) in [5.74, 6) is 1.03. The lowest BCUT2D eigenvalue weighted by Crippen LogP contribution is -2.34. The molecular formula is C16H23Cl2N5O. The number of rotatable bonds is 4. The highest BCUT2D eigenvalue weighted by Gasteiger charge is 2.21. The Morgan fingerprint density at radius 3 is 2.79 bits per heavy atom. The standard InChI is InChI=1S/C16H21N5O.2ClH/c1-2-21-11-18-20-15(21)13-4-3-5-14(10-13)19-16(22)12-6-8-17-9-7-12;;/h3-5,10-12,17H,2,6-9H2,1H3,(H,19,22);2*1H. The lowest BCUT2D eigenvalue weighted by Gasteiger charge is -2.21. The minimum Gasteiger partial charge on any atom is -0.326 e. The quantitative estimate of drug-likeness (QED) is 0.866. The summed E-state index contributed by atoms with van der Waals surface area (Å²) in [5.41, 5.74) is 1.77. The number of hydrogen-bond donors (Lipinski definition) is 2. The van der Waals surface area contributed by atoms with Gasteiger partial charge in [0.1, 0.15) is 6.33 Å². The molecule has 1 saturated heterocycles. The van der Waals surface area contributed by atoms with Crippen LogP contribution in [0.1, 0.15) is 19.8 Å². The Morgan fingerprint density at radius 2 is 2.08 bits per heavy atom. The summed E-state index contributed by atoms with van der Waals surface area (Å²) in [4.78, 5) is 12.3. The van der Waals surface area contributed by atoms with Crippen LogP contribution in [0.2, 0.25) is 0 Å². The molecule has 0 aliphatic carbocycles. The smallest absolute Gasteiger partial charge is 0.227 e. The Morgan fingerprint density at radius 1 is 1.33 bits per heavy atom. The van der Waals surface area contributed by atoms with E-state index in [1.165, 1.54) is 0 Å².